The maximum atomic E-state index is 13.5. The molecule has 1 aromatic rings. The molecular formula is C41H60N2O4S. The molecule has 8 atom stereocenters. The van der Waals surface area contributed by atoms with Gasteiger partial charge >= 0.3 is 5.97 Å². The minimum atomic E-state index is -0.870. The SMILES string of the molecule is CC(=O)N(CCN1CCS(=O)CC1)C12CCC[C@@H]1C1CCC3C4(C)CC=C(c5ccc(C(=O)O)cc5)C(C)(C)C4CCC3(C)[C@]1(C)CC2. The Morgan fingerprint density at radius 2 is 1.58 bits per heavy atom. The third-order valence-corrected chi connectivity index (χ3v) is 17.4. The van der Waals surface area contributed by atoms with Crippen molar-refractivity contribution in [3.63, 3.8) is 0 Å². The fourth-order valence-corrected chi connectivity index (χ4v) is 14.9. The van der Waals surface area contributed by atoms with Crippen LogP contribution in [0.1, 0.15) is 122 Å². The second-order valence-corrected chi connectivity index (χ2v) is 19.8. The lowest BCUT2D eigenvalue weighted by Crippen LogP contribution is -2.68. The second-order valence-electron chi connectivity index (χ2n) is 18.1. The van der Waals surface area contributed by atoms with Gasteiger partial charge in [0.15, 0.2) is 0 Å². The van der Waals surface area contributed by atoms with Crippen LogP contribution in [0, 0.1) is 45.3 Å². The summed E-state index contributed by atoms with van der Waals surface area (Å²) < 4.78 is 12.0. The van der Waals surface area contributed by atoms with Gasteiger partial charge in [-0.2, -0.15) is 0 Å². The first-order chi connectivity index (χ1) is 22.7. The Morgan fingerprint density at radius 1 is 0.875 bits per heavy atom. The number of aromatic carboxylic acids is 1. The zero-order valence-electron chi connectivity index (χ0n) is 30.5. The van der Waals surface area contributed by atoms with Gasteiger partial charge in [-0.3, -0.25) is 13.9 Å². The number of rotatable bonds is 6. The molecule has 1 N–H and O–H groups in total. The Bertz CT molecular complexity index is 1490. The first-order valence-corrected chi connectivity index (χ1v) is 20.6. The monoisotopic (exact) mass is 676 g/mol. The molecule has 7 rings (SSSR count). The topological polar surface area (TPSA) is 77.9 Å². The number of carbonyl (C=O) groups excluding carboxylic acids is 1. The van der Waals surface area contributed by atoms with Crippen molar-refractivity contribution in [1.82, 2.24) is 9.80 Å². The lowest BCUT2D eigenvalue weighted by molar-refractivity contribution is -0.224. The first-order valence-electron chi connectivity index (χ1n) is 19.1. The van der Waals surface area contributed by atoms with Crippen LogP contribution in [-0.4, -0.2) is 74.2 Å². The van der Waals surface area contributed by atoms with Gasteiger partial charge in [0.2, 0.25) is 5.91 Å². The van der Waals surface area contributed by atoms with Gasteiger partial charge in [0, 0.05) is 60.9 Å². The predicted molar refractivity (Wildman–Crippen MR) is 194 cm³/mol. The molecule has 264 valence electrons. The first kappa shape index (κ1) is 34.5. The highest BCUT2D eigenvalue weighted by Gasteiger charge is 2.70. The number of hydrogen-bond donors (Lipinski definition) is 1. The van der Waals surface area contributed by atoms with Gasteiger partial charge in [0.25, 0.3) is 0 Å². The number of hydrogen-bond acceptors (Lipinski definition) is 4. The van der Waals surface area contributed by atoms with Crippen LogP contribution in [0.2, 0.25) is 0 Å². The Balaban J connectivity index is 1.15. The molecule has 1 aromatic carbocycles. The average Bonchev–Trinajstić information content (AvgIpc) is 3.47. The van der Waals surface area contributed by atoms with E-state index >= 15 is 0 Å². The van der Waals surface area contributed by atoms with Gasteiger partial charge in [0.1, 0.15) is 0 Å². The minimum Gasteiger partial charge on any atom is -0.478 e. The highest BCUT2D eigenvalue weighted by atomic mass is 32.2. The van der Waals surface area contributed by atoms with Crippen molar-refractivity contribution in [2.75, 3.05) is 37.7 Å². The van der Waals surface area contributed by atoms with Crippen molar-refractivity contribution in [1.29, 1.82) is 0 Å². The second kappa shape index (κ2) is 12.1. The number of carboxylic acid groups (broad SMARTS) is 1. The molecule has 1 saturated heterocycles. The van der Waals surface area contributed by atoms with E-state index in [0.29, 0.717) is 29.2 Å². The summed E-state index contributed by atoms with van der Waals surface area (Å²) in [5.41, 5.74) is 3.68. The largest absolute Gasteiger partial charge is 0.478 e. The van der Waals surface area contributed by atoms with E-state index in [-0.39, 0.29) is 33.1 Å². The van der Waals surface area contributed by atoms with Crippen molar-refractivity contribution in [2.45, 2.75) is 111 Å². The molecule has 0 aromatic heterocycles. The number of fused-ring (bicyclic) bond motifs is 7. The number of nitrogens with zero attached hydrogens (tertiary/aromatic N) is 2. The van der Waals surface area contributed by atoms with E-state index in [1.54, 1.807) is 12.1 Å². The summed E-state index contributed by atoms with van der Waals surface area (Å²) in [6.45, 7) is 18.2. The molecule has 5 fully saturated rings. The highest BCUT2D eigenvalue weighted by Crippen LogP contribution is 2.76. The van der Waals surface area contributed by atoms with Crippen LogP contribution >= 0.6 is 0 Å². The van der Waals surface area contributed by atoms with Crippen molar-refractivity contribution in [3.8, 4) is 0 Å². The molecule has 48 heavy (non-hydrogen) atoms. The summed E-state index contributed by atoms with van der Waals surface area (Å²) in [5, 5.41) is 9.47. The Labute approximate surface area is 291 Å². The van der Waals surface area contributed by atoms with Crippen LogP contribution in [0.5, 0.6) is 0 Å². The zero-order chi connectivity index (χ0) is 34.3. The van der Waals surface area contributed by atoms with Crippen molar-refractivity contribution in [3.05, 3.63) is 41.5 Å². The van der Waals surface area contributed by atoms with Crippen LogP contribution in [0.15, 0.2) is 30.3 Å². The average molecular weight is 677 g/mol. The molecule has 6 nitrogen and oxygen atoms in total. The zero-order valence-corrected chi connectivity index (χ0v) is 31.3. The van der Waals surface area contributed by atoms with Crippen LogP contribution in [0.3, 0.4) is 0 Å². The maximum Gasteiger partial charge on any atom is 0.335 e. The molecule has 6 aliphatic rings. The molecule has 1 amide bonds. The van der Waals surface area contributed by atoms with Crippen molar-refractivity contribution >= 4 is 28.2 Å². The molecule has 5 aliphatic carbocycles. The number of allylic oxidation sites excluding steroid dienone is 2. The van der Waals surface area contributed by atoms with Crippen molar-refractivity contribution in [2.24, 2.45) is 45.3 Å². The van der Waals surface area contributed by atoms with Crippen LogP contribution in [0.25, 0.3) is 5.57 Å². The lowest BCUT2D eigenvalue weighted by Gasteiger charge is -2.72. The summed E-state index contributed by atoms with van der Waals surface area (Å²) in [6, 6.07) is 7.57. The van der Waals surface area contributed by atoms with E-state index in [1.165, 1.54) is 56.1 Å². The molecule has 0 radical (unpaired) electrons. The van der Waals surface area contributed by atoms with Gasteiger partial charge in [-0.05, 0) is 126 Å². The van der Waals surface area contributed by atoms with E-state index in [1.807, 2.05) is 19.1 Å². The van der Waals surface area contributed by atoms with E-state index in [9.17, 15) is 18.9 Å². The third kappa shape index (κ3) is 5.05. The molecule has 0 spiro atoms. The third-order valence-electron chi connectivity index (χ3n) is 16.2. The summed E-state index contributed by atoms with van der Waals surface area (Å²) in [5.74, 6) is 3.40. The minimum absolute atomic E-state index is 0.000423. The molecule has 4 saturated carbocycles. The van der Waals surface area contributed by atoms with Gasteiger partial charge in [-0.1, -0.05) is 59.2 Å². The number of benzene rings is 1. The number of amides is 1. The van der Waals surface area contributed by atoms with Gasteiger partial charge < -0.3 is 10.0 Å². The van der Waals surface area contributed by atoms with Gasteiger partial charge in [-0.25, -0.2) is 4.79 Å². The smallest absolute Gasteiger partial charge is 0.335 e. The molecule has 1 aliphatic heterocycles. The summed E-state index contributed by atoms with van der Waals surface area (Å²) in [7, 11) is -0.677. The Morgan fingerprint density at radius 3 is 2.25 bits per heavy atom. The number of carboxylic acids is 1. The maximum absolute atomic E-state index is 13.5. The van der Waals surface area contributed by atoms with Crippen LogP contribution in [0.4, 0.5) is 0 Å². The highest BCUT2D eigenvalue weighted by molar-refractivity contribution is 7.85. The Kier molecular flexibility index (Phi) is 8.66. The molecule has 0 bridgehead atoms. The quantitative estimate of drug-likeness (QED) is 0.332. The normalized spacial score (nSPS) is 40.9. The Hall–Kier alpha value is -1.99. The molecule has 1 heterocycles. The summed E-state index contributed by atoms with van der Waals surface area (Å²) in [6.07, 6.45) is 14.7. The van der Waals surface area contributed by atoms with Crippen molar-refractivity contribution < 1.29 is 18.9 Å². The standard InChI is InChI=1S/C41H60N2O4S/c1-28(44)43(23-22-42-24-26-48(47)27-25-42)41-17-7-8-33(41)32-13-14-35-38(4)18-15-31(29-9-11-30(12-10-29)36(45)46)37(2,3)34(38)16-19-40(35,6)39(32,5)20-21-41/h9-12,15,32-35H,7-8,13-14,16-27H2,1-6H3,(H,45,46)/t32?,33-,34?,35?,38?,39-,40?,41?/m1/s1. The number of carbonyl (C=O) groups is 2. The van der Waals surface area contributed by atoms with E-state index < -0.39 is 16.8 Å². The van der Waals surface area contributed by atoms with Gasteiger partial charge in [-0.15, -0.1) is 0 Å². The fraction of sp³-hybridized carbons (Fsp3) is 0.756. The lowest BCUT2D eigenvalue weighted by atomic mass is 9.33. The van der Waals surface area contributed by atoms with E-state index in [0.717, 1.165) is 56.9 Å². The molecular weight excluding hydrogens is 617 g/mol. The summed E-state index contributed by atoms with van der Waals surface area (Å²) >= 11 is 0. The molecule has 7 heteroatoms. The fourth-order valence-electron chi connectivity index (χ4n) is 13.7. The van der Waals surface area contributed by atoms with Gasteiger partial charge in [0.05, 0.1) is 5.56 Å². The molecule has 6 unspecified atom stereocenters. The predicted octanol–water partition coefficient (Wildman–Crippen LogP) is 7.90. The van der Waals surface area contributed by atoms with E-state index in [2.05, 4.69) is 50.5 Å². The van der Waals surface area contributed by atoms with Crippen LogP contribution < -0.4 is 0 Å². The summed E-state index contributed by atoms with van der Waals surface area (Å²) in [4.78, 5) is 29.8. The van der Waals surface area contributed by atoms with E-state index in [4.69, 9.17) is 0 Å². The van der Waals surface area contributed by atoms with Crippen LogP contribution in [-0.2, 0) is 15.6 Å².